The van der Waals surface area contributed by atoms with Crippen LogP contribution in [0.2, 0.25) is 0 Å². The van der Waals surface area contributed by atoms with Gasteiger partial charge in [-0.1, -0.05) is 13.3 Å². The number of hydrogen-bond donors (Lipinski definition) is 3. The molecular formula is C10H20N2O4. The lowest BCUT2D eigenvalue weighted by atomic mass is 10.2. The van der Waals surface area contributed by atoms with Gasteiger partial charge in [0, 0.05) is 13.7 Å². The fraction of sp³-hybridized carbons (Fsp3) is 0.800. The third-order valence-electron chi connectivity index (χ3n) is 2.13. The van der Waals surface area contributed by atoms with E-state index in [1.165, 1.54) is 0 Å². The summed E-state index contributed by atoms with van der Waals surface area (Å²) >= 11 is 0. The summed E-state index contributed by atoms with van der Waals surface area (Å²) in [7, 11) is 1.54. The van der Waals surface area contributed by atoms with Crippen LogP contribution in [0.15, 0.2) is 0 Å². The highest BCUT2D eigenvalue weighted by Crippen LogP contribution is 1.96. The summed E-state index contributed by atoms with van der Waals surface area (Å²) in [5, 5.41) is 13.7. The molecule has 94 valence electrons. The van der Waals surface area contributed by atoms with Crippen molar-refractivity contribution in [1.82, 2.24) is 10.6 Å². The minimum absolute atomic E-state index is 0.0970. The quantitative estimate of drug-likeness (QED) is 0.599. The smallest absolute Gasteiger partial charge is 0.326 e. The number of urea groups is 1. The molecule has 2 amide bonds. The first-order valence-electron chi connectivity index (χ1n) is 5.31. The molecular weight excluding hydrogens is 212 g/mol. The summed E-state index contributed by atoms with van der Waals surface area (Å²) < 4.78 is 4.94. The number of carbonyl (C=O) groups is 2. The SMILES string of the molecule is CCC[C@H](NC(=O)NCC(C)OC)C(=O)O. The van der Waals surface area contributed by atoms with Crippen LogP contribution in [-0.4, -0.2) is 42.9 Å². The Morgan fingerprint density at radius 3 is 2.50 bits per heavy atom. The number of ether oxygens (including phenoxy) is 1. The number of hydrogen-bond acceptors (Lipinski definition) is 3. The van der Waals surface area contributed by atoms with Crippen molar-refractivity contribution in [3.8, 4) is 0 Å². The van der Waals surface area contributed by atoms with Gasteiger partial charge in [-0.05, 0) is 13.3 Å². The maximum atomic E-state index is 11.3. The minimum Gasteiger partial charge on any atom is -0.480 e. The van der Waals surface area contributed by atoms with E-state index in [4.69, 9.17) is 9.84 Å². The molecule has 0 bridgehead atoms. The largest absolute Gasteiger partial charge is 0.480 e. The molecule has 0 fully saturated rings. The van der Waals surface area contributed by atoms with Crippen molar-refractivity contribution in [2.75, 3.05) is 13.7 Å². The van der Waals surface area contributed by atoms with Crippen LogP contribution in [0.1, 0.15) is 26.7 Å². The molecule has 0 aliphatic carbocycles. The van der Waals surface area contributed by atoms with Gasteiger partial charge in [0.1, 0.15) is 6.04 Å². The zero-order valence-corrected chi connectivity index (χ0v) is 9.95. The molecule has 0 spiro atoms. The van der Waals surface area contributed by atoms with Crippen LogP contribution >= 0.6 is 0 Å². The van der Waals surface area contributed by atoms with E-state index in [0.29, 0.717) is 19.4 Å². The van der Waals surface area contributed by atoms with Gasteiger partial charge in [-0.25, -0.2) is 9.59 Å². The molecule has 0 aliphatic heterocycles. The number of rotatable bonds is 7. The first-order chi connectivity index (χ1) is 7.51. The summed E-state index contributed by atoms with van der Waals surface area (Å²) in [5.41, 5.74) is 0. The highest BCUT2D eigenvalue weighted by atomic mass is 16.5. The van der Waals surface area contributed by atoms with Gasteiger partial charge in [0.05, 0.1) is 6.10 Å². The Balaban J connectivity index is 3.95. The molecule has 16 heavy (non-hydrogen) atoms. The molecule has 0 saturated heterocycles. The number of amides is 2. The maximum Gasteiger partial charge on any atom is 0.326 e. The molecule has 0 saturated carbocycles. The molecule has 2 atom stereocenters. The Hall–Kier alpha value is -1.30. The number of carboxylic acid groups (broad SMARTS) is 1. The molecule has 0 aromatic carbocycles. The highest BCUT2D eigenvalue weighted by molar-refractivity contribution is 5.82. The van der Waals surface area contributed by atoms with E-state index < -0.39 is 18.0 Å². The van der Waals surface area contributed by atoms with Crippen molar-refractivity contribution >= 4 is 12.0 Å². The monoisotopic (exact) mass is 232 g/mol. The number of carboxylic acids is 1. The van der Waals surface area contributed by atoms with E-state index in [9.17, 15) is 9.59 Å². The second kappa shape index (κ2) is 7.92. The lowest BCUT2D eigenvalue weighted by Crippen LogP contribution is -2.47. The zero-order valence-electron chi connectivity index (χ0n) is 9.95. The molecule has 6 nitrogen and oxygen atoms in total. The van der Waals surface area contributed by atoms with Gasteiger partial charge < -0.3 is 20.5 Å². The standard InChI is InChI=1S/C10H20N2O4/c1-4-5-8(9(13)14)12-10(15)11-6-7(2)16-3/h7-8H,4-6H2,1-3H3,(H,13,14)(H2,11,12,15)/t7?,8-/m0/s1. The highest BCUT2D eigenvalue weighted by Gasteiger charge is 2.18. The van der Waals surface area contributed by atoms with E-state index in [1.54, 1.807) is 14.0 Å². The summed E-state index contributed by atoms with van der Waals surface area (Å²) in [4.78, 5) is 22.1. The second-order valence-corrected chi connectivity index (χ2v) is 3.58. The van der Waals surface area contributed by atoms with Crippen LogP contribution in [0.25, 0.3) is 0 Å². The molecule has 3 N–H and O–H groups in total. The van der Waals surface area contributed by atoms with Crippen molar-refractivity contribution in [3.63, 3.8) is 0 Å². The Kier molecular flexibility index (Phi) is 7.28. The van der Waals surface area contributed by atoms with Crippen LogP contribution in [0, 0.1) is 0 Å². The number of methoxy groups -OCH3 is 1. The Labute approximate surface area is 95.4 Å². The molecule has 0 aromatic rings. The Morgan fingerprint density at radius 1 is 1.44 bits per heavy atom. The Bertz CT molecular complexity index is 233. The summed E-state index contributed by atoms with van der Waals surface area (Å²) in [5.74, 6) is -1.02. The van der Waals surface area contributed by atoms with Crippen LogP contribution < -0.4 is 10.6 Å². The number of carbonyl (C=O) groups excluding carboxylic acids is 1. The predicted octanol–water partition coefficient (Wildman–Crippen LogP) is 0.574. The molecule has 0 aromatic heterocycles. The normalized spacial score (nSPS) is 13.9. The molecule has 0 radical (unpaired) electrons. The summed E-state index contributed by atoms with van der Waals surface area (Å²) in [6.45, 7) is 4.02. The van der Waals surface area contributed by atoms with E-state index in [0.717, 1.165) is 0 Å². The van der Waals surface area contributed by atoms with Gasteiger partial charge in [0.15, 0.2) is 0 Å². The van der Waals surface area contributed by atoms with Crippen molar-refractivity contribution in [2.45, 2.75) is 38.8 Å². The van der Waals surface area contributed by atoms with Crippen molar-refractivity contribution in [2.24, 2.45) is 0 Å². The Morgan fingerprint density at radius 2 is 2.06 bits per heavy atom. The van der Waals surface area contributed by atoms with Crippen LogP contribution in [-0.2, 0) is 9.53 Å². The fourth-order valence-electron chi connectivity index (χ4n) is 1.08. The topological polar surface area (TPSA) is 87.7 Å². The third-order valence-corrected chi connectivity index (χ3v) is 2.13. The van der Waals surface area contributed by atoms with E-state index in [-0.39, 0.29) is 6.10 Å². The van der Waals surface area contributed by atoms with Crippen molar-refractivity contribution in [3.05, 3.63) is 0 Å². The van der Waals surface area contributed by atoms with Gasteiger partial charge in [0.25, 0.3) is 0 Å². The molecule has 6 heteroatoms. The first kappa shape index (κ1) is 14.7. The average Bonchev–Trinajstić information content (AvgIpc) is 2.25. The average molecular weight is 232 g/mol. The van der Waals surface area contributed by atoms with Gasteiger partial charge in [-0.15, -0.1) is 0 Å². The minimum atomic E-state index is -1.02. The molecule has 0 heterocycles. The lowest BCUT2D eigenvalue weighted by Gasteiger charge is -2.15. The lowest BCUT2D eigenvalue weighted by molar-refractivity contribution is -0.139. The maximum absolute atomic E-state index is 11.3. The van der Waals surface area contributed by atoms with Crippen LogP contribution in [0.3, 0.4) is 0 Å². The zero-order chi connectivity index (χ0) is 12.6. The van der Waals surface area contributed by atoms with Gasteiger partial charge in [-0.3, -0.25) is 0 Å². The van der Waals surface area contributed by atoms with E-state index >= 15 is 0 Å². The van der Waals surface area contributed by atoms with Gasteiger partial charge in [-0.2, -0.15) is 0 Å². The summed E-state index contributed by atoms with van der Waals surface area (Å²) in [6.07, 6.45) is 1.02. The predicted molar refractivity (Wildman–Crippen MR) is 59.3 cm³/mol. The fourth-order valence-corrected chi connectivity index (χ4v) is 1.08. The van der Waals surface area contributed by atoms with Crippen molar-refractivity contribution < 1.29 is 19.4 Å². The molecule has 0 aliphatic rings. The van der Waals surface area contributed by atoms with Gasteiger partial charge >= 0.3 is 12.0 Å². The first-order valence-corrected chi connectivity index (χ1v) is 5.31. The molecule has 1 unspecified atom stereocenters. The van der Waals surface area contributed by atoms with Crippen LogP contribution in [0.4, 0.5) is 4.79 Å². The number of nitrogens with one attached hydrogen (secondary N) is 2. The number of aliphatic carboxylic acids is 1. The van der Waals surface area contributed by atoms with E-state index in [2.05, 4.69) is 10.6 Å². The molecule has 0 rings (SSSR count). The van der Waals surface area contributed by atoms with Gasteiger partial charge in [0.2, 0.25) is 0 Å². The second-order valence-electron chi connectivity index (χ2n) is 3.58. The summed E-state index contributed by atoms with van der Waals surface area (Å²) in [6, 6.07) is -1.31. The third kappa shape index (κ3) is 6.23. The van der Waals surface area contributed by atoms with E-state index in [1.807, 2.05) is 6.92 Å². The van der Waals surface area contributed by atoms with Crippen molar-refractivity contribution in [1.29, 1.82) is 0 Å². The van der Waals surface area contributed by atoms with Crippen LogP contribution in [0.5, 0.6) is 0 Å².